The van der Waals surface area contributed by atoms with Crippen LogP contribution in [0.2, 0.25) is 0 Å². The summed E-state index contributed by atoms with van der Waals surface area (Å²) in [7, 11) is 0. The Morgan fingerprint density at radius 1 is 0.957 bits per heavy atom. The molecule has 0 radical (unpaired) electrons. The second-order valence-corrected chi connectivity index (χ2v) is 8.05. The predicted molar refractivity (Wildman–Crippen MR) is 98.0 cm³/mol. The molecule has 2 aliphatic rings. The summed E-state index contributed by atoms with van der Waals surface area (Å²) in [5, 5.41) is 3.42. The third-order valence-electron chi connectivity index (χ3n) is 5.44. The van der Waals surface area contributed by atoms with Gasteiger partial charge in [0.25, 0.3) is 0 Å². The Hall–Kier alpha value is -0.160. The molecule has 136 valence electrons. The standard InChI is InChI=1S/C19H39N3O/c1-16(2)20-9-14-23-19-7-10-21(11-8-19)15-18-5-12-22(13-6-18)17(3)4/h16-20H,5-15H2,1-4H3. The van der Waals surface area contributed by atoms with Gasteiger partial charge in [-0.1, -0.05) is 13.8 Å². The van der Waals surface area contributed by atoms with Crippen LogP contribution >= 0.6 is 0 Å². The fourth-order valence-corrected chi connectivity index (χ4v) is 3.85. The van der Waals surface area contributed by atoms with Crippen LogP contribution in [0.3, 0.4) is 0 Å². The number of nitrogens with zero attached hydrogens (tertiary/aromatic N) is 2. The molecule has 0 aromatic heterocycles. The van der Waals surface area contributed by atoms with Crippen LogP contribution in [-0.4, -0.2) is 73.9 Å². The second-order valence-electron chi connectivity index (χ2n) is 8.05. The molecule has 0 atom stereocenters. The van der Waals surface area contributed by atoms with E-state index in [1.165, 1.54) is 58.4 Å². The first-order valence-electron chi connectivity index (χ1n) is 9.86. The van der Waals surface area contributed by atoms with Crippen molar-refractivity contribution in [2.45, 2.75) is 71.6 Å². The Bertz CT molecular complexity index is 306. The fourth-order valence-electron chi connectivity index (χ4n) is 3.85. The summed E-state index contributed by atoms with van der Waals surface area (Å²) in [6.45, 7) is 17.2. The lowest BCUT2D eigenvalue weighted by Crippen LogP contribution is -2.44. The van der Waals surface area contributed by atoms with Crippen LogP contribution in [0.5, 0.6) is 0 Å². The predicted octanol–water partition coefficient (Wildman–Crippen LogP) is 2.59. The van der Waals surface area contributed by atoms with Gasteiger partial charge >= 0.3 is 0 Å². The molecule has 4 heteroatoms. The zero-order valence-electron chi connectivity index (χ0n) is 15.9. The van der Waals surface area contributed by atoms with E-state index in [0.717, 1.165) is 19.1 Å². The maximum absolute atomic E-state index is 6.02. The van der Waals surface area contributed by atoms with E-state index in [0.29, 0.717) is 18.2 Å². The highest BCUT2D eigenvalue weighted by Gasteiger charge is 2.25. The first kappa shape index (κ1) is 19.2. The van der Waals surface area contributed by atoms with E-state index < -0.39 is 0 Å². The van der Waals surface area contributed by atoms with Crippen LogP contribution < -0.4 is 5.32 Å². The summed E-state index contributed by atoms with van der Waals surface area (Å²) in [5.41, 5.74) is 0. The highest BCUT2D eigenvalue weighted by atomic mass is 16.5. The summed E-state index contributed by atoms with van der Waals surface area (Å²) >= 11 is 0. The van der Waals surface area contributed by atoms with Crippen molar-refractivity contribution in [2.24, 2.45) is 5.92 Å². The molecule has 0 unspecified atom stereocenters. The highest BCUT2D eigenvalue weighted by Crippen LogP contribution is 2.22. The van der Waals surface area contributed by atoms with Crippen molar-refractivity contribution in [3.63, 3.8) is 0 Å². The smallest absolute Gasteiger partial charge is 0.0600 e. The molecular formula is C19H39N3O. The molecule has 0 saturated carbocycles. The van der Waals surface area contributed by atoms with Crippen molar-refractivity contribution in [1.82, 2.24) is 15.1 Å². The van der Waals surface area contributed by atoms with Gasteiger partial charge in [0, 0.05) is 38.3 Å². The molecule has 0 bridgehead atoms. The molecule has 2 aliphatic heterocycles. The Morgan fingerprint density at radius 2 is 1.61 bits per heavy atom. The van der Waals surface area contributed by atoms with Gasteiger partial charge < -0.3 is 19.9 Å². The van der Waals surface area contributed by atoms with Crippen LogP contribution in [-0.2, 0) is 4.74 Å². The maximum atomic E-state index is 6.02. The van der Waals surface area contributed by atoms with Crippen molar-refractivity contribution >= 4 is 0 Å². The Morgan fingerprint density at radius 3 is 2.17 bits per heavy atom. The average Bonchev–Trinajstić information content (AvgIpc) is 2.53. The van der Waals surface area contributed by atoms with Gasteiger partial charge in [-0.25, -0.2) is 0 Å². The van der Waals surface area contributed by atoms with Crippen molar-refractivity contribution in [3.05, 3.63) is 0 Å². The average molecular weight is 326 g/mol. The number of hydrogen-bond donors (Lipinski definition) is 1. The maximum Gasteiger partial charge on any atom is 0.0600 e. The molecule has 0 spiro atoms. The van der Waals surface area contributed by atoms with Crippen LogP contribution in [0.1, 0.15) is 53.4 Å². The molecule has 0 amide bonds. The monoisotopic (exact) mass is 325 g/mol. The SMILES string of the molecule is CC(C)NCCOC1CCN(CC2CCN(C(C)C)CC2)CC1. The zero-order valence-corrected chi connectivity index (χ0v) is 15.9. The lowest BCUT2D eigenvalue weighted by atomic mass is 9.94. The molecule has 4 nitrogen and oxygen atoms in total. The molecule has 23 heavy (non-hydrogen) atoms. The van der Waals surface area contributed by atoms with E-state index in [4.69, 9.17) is 4.74 Å². The lowest BCUT2D eigenvalue weighted by molar-refractivity contribution is 0.00294. The fraction of sp³-hybridized carbons (Fsp3) is 1.00. The first-order chi connectivity index (χ1) is 11.0. The summed E-state index contributed by atoms with van der Waals surface area (Å²) in [5.74, 6) is 0.915. The third kappa shape index (κ3) is 7.08. The number of piperidine rings is 2. The summed E-state index contributed by atoms with van der Waals surface area (Å²) in [6.07, 6.45) is 5.69. The normalized spacial score (nSPS) is 23.2. The van der Waals surface area contributed by atoms with Crippen LogP contribution in [0.4, 0.5) is 0 Å². The van der Waals surface area contributed by atoms with Crippen LogP contribution in [0.15, 0.2) is 0 Å². The summed E-state index contributed by atoms with van der Waals surface area (Å²) in [4.78, 5) is 5.31. The second kappa shape index (κ2) is 9.97. The topological polar surface area (TPSA) is 27.7 Å². The van der Waals surface area contributed by atoms with Crippen molar-refractivity contribution in [3.8, 4) is 0 Å². The van der Waals surface area contributed by atoms with Gasteiger partial charge in [-0.05, 0) is 58.5 Å². The molecule has 0 aliphatic carbocycles. The Labute approximate surface area is 143 Å². The quantitative estimate of drug-likeness (QED) is 0.694. The first-order valence-corrected chi connectivity index (χ1v) is 9.86. The van der Waals surface area contributed by atoms with E-state index >= 15 is 0 Å². The Kier molecular flexibility index (Phi) is 8.31. The van der Waals surface area contributed by atoms with E-state index in [1.807, 2.05) is 0 Å². The number of ether oxygens (including phenoxy) is 1. The van der Waals surface area contributed by atoms with E-state index in [-0.39, 0.29) is 0 Å². The van der Waals surface area contributed by atoms with Crippen molar-refractivity contribution in [1.29, 1.82) is 0 Å². The number of likely N-dealkylation sites (tertiary alicyclic amines) is 2. The Balaban J connectivity index is 1.55. The highest BCUT2D eigenvalue weighted by molar-refractivity contribution is 4.79. The zero-order chi connectivity index (χ0) is 16.7. The summed E-state index contributed by atoms with van der Waals surface area (Å²) < 4.78 is 6.02. The largest absolute Gasteiger partial charge is 0.377 e. The van der Waals surface area contributed by atoms with Crippen molar-refractivity contribution < 1.29 is 4.74 Å². The van der Waals surface area contributed by atoms with Gasteiger partial charge in [0.1, 0.15) is 0 Å². The van der Waals surface area contributed by atoms with Gasteiger partial charge in [0.15, 0.2) is 0 Å². The number of nitrogens with one attached hydrogen (secondary N) is 1. The van der Waals surface area contributed by atoms with E-state index in [1.54, 1.807) is 0 Å². The minimum atomic E-state index is 0.489. The molecular weight excluding hydrogens is 286 g/mol. The molecule has 2 heterocycles. The lowest BCUT2D eigenvalue weighted by Gasteiger charge is -2.38. The van der Waals surface area contributed by atoms with Gasteiger partial charge in [-0.2, -0.15) is 0 Å². The third-order valence-corrected chi connectivity index (χ3v) is 5.44. The molecule has 0 aromatic rings. The number of rotatable bonds is 8. The van der Waals surface area contributed by atoms with Gasteiger partial charge in [-0.3, -0.25) is 0 Å². The van der Waals surface area contributed by atoms with E-state index in [2.05, 4.69) is 42.8 Å². The molecule has 1 N–H and O–H groups in total. The minimum Gasteiger partial charge on any atom is -0.377 e. The molecule has 0 aromatic carbocycles. The number of hydrogen-bond acceptors (Lipinski definition) is 4. The van der Waals surface area contributed by atoms with Crippen LogP contribution in [0.25, 0.3) is 0 Å². The minimum absolute atomic E-state index is 0.489. The molecule has 2 saturated heterocycles. The van der Waals surface area contributed by atoms with Gasteiger partial charge in [0.05, 0.1) is 12.7 Å². The van der Waals surface area contributed by atoms with Gasteiger partial charge in [0.2, 0.25) is 0 Å². The molecule has 2 rings (SSSR count). The van der Waals surface area contributed by atoms with Crippen LogP contribution in [0, 0.1) is 5.92 Å². The van der Waals surface area contributed by atoms with Gasteiger partial charge in [-0.15, -0.1) is 0 Å². The van der Waals surface area contributed by atoms with Crippen molar-refractivity contribution in [2.75, 3.05) is 45.9 Å². The molecule has 2 fully saturated rings. The summed E-state index contributed by atoms with van der Waals surface area (Å²) in [6, 6.07) is 1.27. The van der Waals surface area contributed by atoms with E-state index in [9.17, 15) is 0 Å².